The molecule has 23 heavy (non-hydrogen) atoms. The first-order chi connectivity index (χ1) is 10.8. The van der Waals surface area contributed by atoms with Crippen LogP contribution in [0.3, 0.4) is 0 Å². The molecule has 0 aromatic rings. The molecular weight excluding hydrogens is 355 g/mol. The molecule has 0 rings (SSSR count). The minimum atomic E-state index is 0. The molecule has 0 aliphatic heterocycles. The molecule has 0 aliphatic rings. The summed E-state index contributed by atoms with van der Waals surface area (Å²) in [6, 6.07) is 0.524. The summed E-state index contributed by atoms with van der Waals surface area (Å²) in [5.41, 5.74) is 0. The van der Waals surface area contributed by atoms with Crippen molar-refractivity contribution >= 4 is 0 Å². The van der Waals surface area contributed by atoms with Gasteiger partial charge in [-0.1, -0.05) is 124 Å². The molecule has 0 N–H and O–H groups in total. The average Bonchev–Trinajstić information content (AvgIpc) is 2.50. The Balaban J connectivity index is 0. The summed E-state index contributed by atoms with van der Waals surface area (Å²) in [6.45, 7) is 7.72. The van der Waals surface area contributed by atoms with Gasteiger partial charge in [-0.05, 0) is 0 Å². The maximum atomic E-state index is 4.53. The summed E-state index contributed by atoms with van der Waals surface area (Å²) in [5.74, 6) is 0. The van der Waals surface area contributed by atoms with Gasteiger partial charge in [0.25, 0.3) is 0 Å². The first-order valence-electron chi connectivity index (χ1n) is 10.4. The Morgan fingerprint density at radius 1 is 0.522 bits per heavy atom. The summed E-state index contributed by atoms with van der Waals surface area (Å²) < 4.78 is 0. The molecule has 0 unspecified atom stereocenters. The first kappa shape index (κ1) is 26.3. The van der Waals surface area contributed by atoms with E-state index in [4.69, 9.17) is 0 Å². The molecule has 0 saturated heterocycles. The summed E-state index contributed by atoms with van der Waals surface area (Å²) in [7, 11) is 0. The second kappa shape index (κ2) is 23.1. The van der Waals surface area contributed by atoms with Crippen LogP contribution in [0.5, 0.6) is 0 Å². The van der Waals surface area contributed by atoms with Gasteiger partial charge in [-0.25, -0.2) is 0 Å². The fraction of sp³-hybridized carbons (Fsp3) is 1.00. The SMILES string of the molecule is CCCCCCCCCCCCCCCCCC[N-]C(C)C.[Y]. The third kappa shape index (κ3) is 25.4. The zero-order chi connectivity index (χ0) is 16.3. The van der Waals surface area contributed by atoms with Crippen LogP contribution in [0.1, 0.15) is 124 Å². The number of hydrogen-bond donors (Lipinski definition) is 0. The summed E-state index contributed by atoms with van der Waals surface area (Å²) in [6.07, 6.45) is 23.1. The van der Waals surface area contributed by atoms with Crippen LogP contribution in [-0.4, -0.2) is 12.6 Å². The van der Waals surface area contributed by atoms with Crippen molar-refractivity contribution in [1.82, 2.24) is 0 Å². The molecule has 0 aliphatic carbocycles. The van der Waals surface area contributed by atoms with Gasteiger partial charge in [0.05, 0.1) is 0 Å². The van der Waals surface area contributed by atoms with Crippen LogP contribution in [-0.2, 0) is 32.7 Å². The monoisotopic (exact) mass is 399 g/mol. The van der Waals surface area contributed by atoms with E-state index < -0.39 is 0 Å². The molecule has 0 heterocycles. The molecule has 2 heteroatoms. The molecule has 1 nitrogen and oxygen atoms in total. The Morgan fingerprint density at radius 2 is 0.826 bits per heavy atom. The minimum absolute atomic E-state index is 0. The van der Waals surface area contributed by atoms with Crippen LogP contribution in [0.15, 0.2) is 0 Å². The second-order valence-electron chi connectivity index (χ2n) is 7.30. The van der Waals surface area contributed by atoms with Crippen molar-refractivity contribution in [2.24, 2.45) is 0 Å². The van der Waals surface area contributed by atoms with E-state index in [0.717, 1.165) is 6.54 Å². The normalized spacial score (nSPS) is 11.0. The topological polar surface area (TPSA) is 14.1 Å². The summed E-state index contributed by atoms with van der Waals surface area (Å²) >= 11 is 0. The van der Waals surface area contributed by atoms with E-state index in [-0.39, 0.29) is 32.7 Å². The van der Waals surface area contributed by atoms with Crippen LogP contribution in [0.4, 0.5) is 0 Å². The molecule has 0 saturated carbocycles. The number of unbranched alkanes of at least 4 members (excludes halogenated alkanes) is 15. The maximum Gasteiger partial charge on any atom is 0 e. The van der Waals surface area contributed by atoms with Crippen molar-refractivity contribution in [3.8, 4) is 0 Å². The maximum absolute atomic E-state index is 4.53. The standard InChI is InChI=1S/C21H44N.Y/c1-4-5-6-7-8-9-10-11-12-13-14-15-16-17-18-19-20-22-21(2)3;/h21H,4-20H2,1-3H3;/q-1;. The third-order valence-corrected chi connectivity index (χ3v) is 4.51. The minimum Gasteiger partial charge on any atom is -0.660 e. The van der Waals surface area contributed by atoms with E-state index in [1.807, 2.05) is 0 Å². The van der Waals surface area contributed by atoms with Crippen molar-refractivity contribution < 1.29 is 32.7 Å². The fourth-order valence-electron chi connectivity index (χ4n) is 3.01. The van der Waals surface area contributed by atoms with E-state index in [0.29, 0.717) is 6.04 Å². The Hall–Kier alpha value is 1.06. The molecular formula is C21H44NY-. The second-order valence-corrected chi connectivity index (χ2v) is 7.30. The third-order valence-electron chi connectivity index (χ3n) is 4.51. The quantitative estimate of drug-likeness (QED) is 0.207. The van der Waals surface area contributed by atoms with Gasteiger partial charge in [-0.3, -0.25) is 0 Å². The van der Waals surface area contributed by atoms with Gasteiger partial charge < -0.3 is 5.32 Å². The summed E-state index contributed by atoms with van der Waals surface area (Å²) in [5, 5.41) is 4.53. The molecule has 1 radical (unpaired) electrons. The molecule has 0 amide bonds. The van der Waals surface area contributed by atoms with Gasteiger partial charge >= 0.3 is 0 Å². The Morgan fingerprint density at radius 3 is 1.13 bits per heavy atom. The first-order valence-corrected chi connectivity index (χ1v) is 10.4. The van der Waals surface area contributed by atoms with Gasteiger partial charge in [0, 0.05) is 32.7 Å². The molecule has 0 spiro atoms. The van der Waals surface area contributed by atoms with Crippen molar-refractivity contribution in [3.63, 3.8) is 0 Å². The Labute approximate surface area is 173 Å². The van der Waals surface area contributed by atoms with Gasteiger partial charge in [-0.15, -0.1) is 12.6 Å². The average molecular weight is 399 g/mol. The fourth-order valence-corrected chi connectivity index (χ4v) is 3.01. The van der Waals surface area contributed by atoms with Gasteiger partial charge in [0.15, 0.2) is 0 Å². The van der Waals surface area contributed by atoms with E-state index in [2.05, 4.69) is 26.1 Å². The Bertz CT molecular complexity index is 194. The molecule has 0 bridgehead atoms. The number of nitrogens with zero attached hydrogens (tertiary/aromatic N) is 1. The zero-order valence-electron chi connectivity index (χ0n) is 16.6. The molecule has 0 fully saturated rings. The summed E-state index contributed by atoms with van der Waals surface area (Å²) in [4.78, 5) is 0. The van der Waals surface area contributed by atoms with E-state index in [1.165, 1.54) is 103 Å². The largest absolute Gasteiger partial charge is 0.660 e. The number of rotatable bonds is 18. The predicted molar refractivity (Wildman–Crippen MR) is 103 cm³/mol. The van der Waals surface area contributed by atoms with Crippen LogP contribution in [0, 0.1) is 0 Å². The smallest absolute Gasteiger partial charge is 0 e. The number of hydrogen-bond acceptors (Lipinski definition) is 0. The van der Waals surface area contributed by atoms with Crippen molar-refractivity contribution in [2.45, 2.75) is 130 Å². The van der Waals surface area contributed by atoms with E-state index in [1.54, 1.807) is 0 Å². The molecule has 137 valence electrons. The van der Waals surface area contributed by atoms with Gasteiger partial charge in [-0.2, -0.15) is 0 Å². The predicted octanol–water partition coefficient (Wildman–Crippen LogP) is 8.03. The van der Waals surface area contributed by atoms with Crippen molar-refractivity contribution in [3.05, 3.63) is 5.32 Å². The molecule has 0 atom stereocenters. The zero-order valence-corrected chi connectivity index (χ0v) is 19.5. The van der Waals surface area contributed by atoms with Gasteiger partial charge in [0.1, 0.15) is 0 Å². The van der Waals surface area contributed by atoms with Crippen molar-refractivity contribution in [2.75, 3.05) is 6.54 Å². The van der Waals surface area contributed by atoms with Crippen LogP contribution in [0.25, 0.3) is 5.32 Å². The van der Waals surface area contributed by atoms with Crippen LogP contribution >= 0.6 is 0 Å². The molecule has 0 aromatic heterocycles. The van der Waals surface area contributed by atoms with E-state index in [9.17, 15) is 0 Å². The van der Waals surface area contributed by atoms with Crippen LogP contribution in [0.2, 0.25) is 0 Å². The van der Waals surface area contributed by atoms with E-state index >= 15 is 0 Å². The van der Waals surface area contributed by atoms with Gasteiger partial charge in [0.2, 0.25) is 0 Å². The van der Waals surface area contributed by atoms with Crippen LogP contribution < -0.4 is 0 Å². The Kier molecular flexibility index (Phi) is 26.4. The molecule has 0 aromatic carbocycles. The van der Waals surface area contributed by atoms with Crippen molar-refractivity contribution in [1.29, 1.82) is 0 Å².